The van der Waals surface area contributed by atoms with Crippen molar-refractivity contribution < 1.29 is 23.1 Å². The van der Waals surface area contributed by atoms with Crippen LogP contribution in [0.2, 0.25) is 0 Å². The van der Waals surface area contributed by atoms with E-state index in [0.717, 1.165) is 33.8 Å². The molecule has 0 aliphatic rings. The number of carboxylic acids is 1. The lowest BCUT2D eigenvalue weighted by Crippen LogP contribution is -2.42. The summed E-state index contributed by atoms with van der Waals surface area (Å²) in [7, 11) is -3.31. The number of aromatic amines is 1. The lowest BCUT2D eigenvalue weighted by atomic mass is 10.1. The summed E-state index contributed by atoms with van der Waals surface area (Å²) >= 11 is 0. The van der Waals surface area contributed by atoms with Gasteiger partial charge in [-0.05, 0) is 44.4 Å². The monoisotopic (exact) mass is 366 g/mol. The number of aryl methyl sites for hydroxylation is 3. The Bertz CT molecular complexity index is 944. The number of hydrogen-bond acceptors (Lipinski definition) is 4. The number of aromatic nitrogens is 1. The Kier molecular flexibility index (Phi) is 5.22. The molecule has 0 bridgehead atoms. The summed E-state index contributed by atoms with van der Waals surface area (Å²) in [6.07, 6.45) is 0.845. The van der Waals surface area contributed by atoms with Crippen molar-refractivity contribution >= 4 is 32.6 Å². The zero-order chi connectivity index (χ0) is 18.9. The number of H-pyrrole nitrogens is 1. The number of fused-ring (bicyclic) bond motifs is 1. The van der Waals surface area contributed by atoms with Crippen LogP contribution in [-0.4, -0.2) is 48.4 Å². The normalized spacial score (nSPS) is 13.0. The second-order valence-corrected chi connectivity index (χ2v) is 8.67. The summed E-state index contributed by atoms with van der Waals surface area (Å²) in [5.41, 5.74) is 3.90. The maximum atomic E-state index is 12.5. The van der Waals surface area contributed by atoms with Gasteiger partial charge in [0.25, 0.3) is 5.91 Å². The van der Waals surface area contributed by atoms with E-state index < -0.39 is 27.8 Å². The fraction of sp³-hybridized carbons (Fsp3) is 0.412. The summed E-state index contributed by atoms with van der Waals surface area (Å²) < 4.78 is 22.5. The summed E-state index contributed by atoms with van der Waals surface area (Å²) in [6, 6.07) is 2.69. The van der Waals surface area contributed by atoms with Gasteiger partial charge in [0.05, 0.1) is 5.75 Å². The van der Waals surface area contributed by atoms with Crippen molar-refractivity contribution in [3.8, 4) is 0 Å². The number of carboxylic acid groups (broad SMARTS) is 1. The highest BCUT2D eigenvalue weighted by molar-refractivity contribution is 7.90. The molecule has 136 valence electrons. The number of carbonyl (C=O) groups excluding carboxylic acids is 1. The van der Waals surface area contributed by atoms with E-state index in [9.17, 15) is 23.1 Å². The summed E-state index contributed by atoms with van der Waals surface area (Å²) in [5, 5.41) is 12.6. The largest absolute Gasteiger partial charge is 0.480 e. The molecule has 8 heteroatoms. The molecule has 0 aliphatic carbocycles. The predicted octanol–water partition coefficient (Wildman–Crippen LogP) is 1.71. The van der Waals surface area contributed by atoms with E-state index in [1.54, 1.807) is 6.92 Å². The van der Waals surface area contributed by atoms with E-state index >= 15 is 0 Å². The van der Waals surface area contributed by atoms with Crippen LogP contribution in [0.4, 0.5) is 0 Å². The predicted molar refractivity (Wildman–Crippen MR) is 95.7 cm³/mol. The van der Waals surface area contributed by atoms with Crippen LogP contribution < -0.4 is 5.32 Å². The second kappa shape index (κ2) is 6.87. The molecular formula is C17H22N2O5S. The van der Waals surface area contributed by atoms with Gasteiger partial charge in [-0.2, -0.15) is 0 Å². The minimum Gasteiger partial charge on any atom is -0.480 e. The van der Waals surface area contributed by atoms with Crippen LogP contribution >= 0.6 is 0 Å². The highest BCUT2D eigenvalue weighted by Crippen LogP contribution is 2.26. The van der Waals surface area contributed by atoms with Gasteiger partial charge in [0.1, 0.15) is 21.6 Å². The van der Waals surface area contributed by atoms with E-state index in [1.807, 2.05) is 26.0 Å². The zero-order valence-corrected chi connectivity index (χ0v) is 15.5. The van der Waals surface area contributed by atoms with Gasteiger partial charge in [0.2, 0.25) is 0 Å². The van der Waals surface area contributed by atoms with Crippen molar-refractivity contribution in [1.29, 1.82) is 0 Å². The van der Waals surface area contributed by atoms with Gasteiger partial charge in [-0.1, -0.05) is 11.6 Å². The quantitative estimate of drug-likeness (QED) is 0.720. The van der Waals surface area contributed by atoms with Gasteiger partial charge in [-0.3, -0.25) is 4.79 Å². The number of sulfone groups is 1. The maximum Gasteiger partial charge on any atom is 0.326 e. The Morgan fingerprint density at radius 2 is 1.88 bits per heavy atom. The Balaban J connectivity index is 2.30. The van der Waals surface area contributed by atoms with Gasteiger partial charge >= 0.3 is 5.97 Å². The Morgan fingerprint density at radius 3 is 2.44 bits per heavy atom. The average molecular weight is 366 g/mol. The lowest BCUT2D eigenvalue weighted by Gasteiger charge is -2.13. The van der Waals surface area contributed by atoms with Crippen LogP contribution in [0.1, 0.15) is 33.6 Å². The first-order valence-corrected chi connectivity index (χ1v) is 9.86. The van der Waals surface area contributed by atoms with E-state index in [4.69, 9.17) is 0 Å². The zero-order valence-electron chi connectivity index (χ0n) is 14.6. The molecule has 2 rings (SSSR count). The molecule has 0 saturated carbocycles. The van der Waals surface area contributed by atoms with Gasteiger partial charge in [-0.25, -0.2) is 13.2 Å². The molecule has 1 heterocycles. The first-order valence-electron chi connectivity index (χ1n) is 7.80. The van der Waals surface area contributed by atoms with Crippen LogP contribution in [0.3, 0.4) is 0 Å². The van der Waals surface area contributed by atoms with Crippen LogP contribution in [-0.2, 0) is 14.6 Å². The second-order valence-electron chi connectivity index (χ2n) is 6.41. The molecule has 0 radical (unpaired) electrons. The fourth-order valence-corrected chi connectivity index (χ4v) is 3.49. The standard InChI is InChI=1S/C17H22N2O5S/c1-9-7-10(2)14-12(8-9)11(3)15(19-14)16(20)18-13(17(21)22)5-6-25(4,23)24/h7-8,13,19H,5-6H2,1-4H3,(H,18,20)(H,21,22)/t13-/m0/s1. The first-order chi connectivity index (χ1) is 11.5. The van der Waals surface area contributed by atoms with E-state index in [1.165, 1.54) is 0 Å². The lowest BCUT2D eigenvalue weighted by molar-refractivity contribution is -0.139. The topological polar surface area (TPSA) is 116 Å². The fourth-order valence-electron chi connectivity index (χ4n) is 2.83. The number of hydrogen-bond donors (Lipinski definition) is 3. The molecule has 2 aromatic rings. The first kappa shape index (κ1) is 19.0. The molecule has 0 unspecified atom stereocenters. The average Bonchev–Trinajstić information content (AvgIpc) is 2.80. The SMILES string of the molecule is Cc1cc(C)c2[nH]c(C(=O)N[C@@H](CCS(C)(=O)=O)C(=O)O)c(C)c2c1. The highest BCUT2D eigenvalue weighted by atomic mass is 32.2. The van der Waals surface area contributed by atoms with Gasteiger partial charge in [0.15, 0.2) is 0 Å². The molecule has 25 heavy (non-hydrogen) atoms. The highest BCUT2D eigenvalue weighted by Gasteiger charge is 2.24. The minimum absolute atomic E-state index is 0.183. The maximum absolute atomic E-state index is 12.5. The van der Waals surface area contributed by atoms with Gasteiger partial charge < -0.3 is 15.4 Å². The third-order valence-corrected chi connectivity index (χ3v) is 5.09. The number of amides is 1. The molecule has 0 aliphatic heterocycles. The smallest absolute Gasteiger partial charge is 0.326 e. The number of benzene rings is 1. The molecule has 1 atom stereocenters. The molecule has 7 nitrogen and oxygen atoms in total. The molecular weight excluding hydrogens is 344 g/mol. The molecule has 0 saturated heterocycles. The Morgan fingerprint density at radius 1 is 1.24 bits per heavy atom. The van der Waals surface area contributed by atoms with E-state index in [-0.39, 0.29) is 17.9 Å². The van der Waals surface area contributed by atoms with Gasteiger partial charge in [-0.15, -0.1) is 0 Å². The molecule has 0 fully saturated rings. The number of carbonyl (C=O) groups is 2. The number of nitrogens with one attached hydrogen (secondary N) is 2. The Labute approximate surface area is 146 Å². The summed E-state index contributed by atoms with van der Waals surface area (Å²) in [4.78, 5) is 26.9. The van der Waals surface area contributed by atoms with Crippen molar-refractivity contribution in [1.82, 2.24) is 10.3 Å². The third-order valence-electron chi connectivity index (χ3n) is 4.12. The van der Waals surface area contributed by atoms with E-state index in [2.05, 4.69) is 10.3 Å². The van der Waals surface area contributed by atoms with Crippen molar-refractivity contribution in [2.75, 3.05) is 12.0 Å². The number of rotatable bonds is 6. The van der Waals surface area contributed by atoms with E-state index in [0.29, 0.717) is 0 Å². The van der Waals surface area contributed by atoms with Crippen molar-refractivity contribution in [3.63, 3.8) is 0 Å². The molecule has 3 N–H and O–H groups in total. The van der Waals surface area contributed by atoms with Crippen LogP contribution in [0.15, 0.2) is 12.1 Å². The van der Waals surface area contributed by atoms with Crippen molar-refractivity contribution in [2.45, 2.75) is 33.2 Å². The van der Waals surface area contributed by atoms with Crippen LogP contribution in [0.25, 0.3) is 10.9 Å². The van der Waals surface area contributed by atoms with Crippen molar-refractivity contribution in [3.05, 3.63) is 34.5 Å². The molecule has 1 aromatic heterocycles. The summed E-state index contributed by atoms with van der Waals surface area (Å²) in [5.74, 6) is -2.14. The minimum atomic E-state index is -3.31. The third kappa shape index (κ3) is 4.39. The van der Waals surface area contributed by atoms with Gasteiger partial charge in [0, 0.05) is 17.2 Å². The molecule has 1 amide bonds. The van der Waals surface area contributed by atoms with Crippen LogP contribution in [0.5, 0.6) is 0 Å². The molecule has 1 aromatic carbocycles. The summed E-state index contributed by atoms with van der Waals surface area (Å²) in [6.45, 7) is 5.68. The number of aliphatic carboxylic acids is 1. The van der Waals surface area contributed by atoms with Crippen molar-refractivity contribution in [2.24, 2.45) is 0 Å². The Hall–Kier alpha value is -2.35. The van der Waals surface area contributed by atoms with Crippen LogP contribution in [0, 0.1) is 20.8 Å². The molecule has 0 spiro atoms.